The maximum absolute atomic E-state index is 9.44. The summed E-state index contributed by atoms with van der Waals surface area (Å²) < 4.78 is 6.19. The van der Waals surface area contributed by atoms with Crippen molar-refractivity contribution >= 4 is 15.4 Å². The Morgan fingerprint density at radius 1 is 1.31 bits per heavy atom. The van der Waals surface area contributed by atoms with Crippen molar-refractivity contribution in [3.05, 3.63) is 0 Å². The van der Waals surface area contributed by atoms with Gasteiger partial charge in [-0.15, -0.1) is 0 Å². The summed E-state index contributed by atoms with van der Waals surface area (Å²) in [6.07, 6.45) is 2.04. The molecule has 2 unspecified atom stereocenters. The summed E-state index contributed by atoms with van der Waals surface area (Å²) in [6, 6.07) is 2.26. The summed E-state index contributed by atoms with van der Waals surface area (Å²) in [6.45, 7) is 10.6. The first-order valence-corrected chi connectivity index (χ1v) is 13.0. The topological polar surface area (TPSA) is 49.7 Å². The summed E-state index contributed by atoms with van der Waals surface area (Å²) in [7, 11) is -3.01. The first-order valence-electron chi connectivity index (χ1n) is 6.18. The monoisotopic (exact) mass is 262 g/mol. The van der Waals surface area contributed by atoms with Crippen LogP contribution in [0.5, 0.6) is 0 Å². The Bertz CT molecular complexity index is 250. The smallest absolute Gasteiger partial charge is 0.174 e. The molecule has 0 saturated carbocycles. The van der Waals surface area contributed by atoms with Crippen molar-refractivity contribution < 1.29 is 14.6 Å². The Hall–Kier alpha value is 0.314. The number of hydrogen-bond donors (Lipinski definition) is 2. The molecule has 0 bridgehead atoms. The average molecular weight is 262 g/mol. The van der Waals surface area contributed by atoms with E-state index in [-0.39, 0.29) is 0 Å². The van der Waals surface area contributed by atoms with E-state index in [0.29, 0.717) is 12.5 Å². The number of rotatable bonds is 3. The van der Waals surface area contributed by atoms with E-state index in [2.05, 4.69) is 26.6 Å². The zero-order chi connectivity index (χ0) is 12.6. The molecular formula is C11H26O3Si2. The van der Waals surface area contributed by atoms with Crippen LogP contribution in [0.2, 0.25) is 31.7 Å². The van der Waals surface area contributed by atoms with Gasteiger partial charge in [0.15, 0.2) is 13.6 Å². The molecule has 5 heteroatoms. The molecule has 1 rings (SSSR count). The van der Waals surface area contributed by atoms with E-state index in [1.54, 1.807) is 0 Å². The minimum atomic E-state index is -1.59. The van der Waals surface area contributed by atoms with Crippen LogP contribution in [0, 0.1) is 0 Å². The third-order valence-corrected chi connectivity index (χ3v) is 21.4. The van der Waals surface area contributed by atoms with Crippen LogP contribution in [-0.4, -0.2) is 37.5 Å². The van der Waals surface area contributed by atoms with Gasteiger partial charge in [-0.05, 0) is 39.8 Å². The number of aliphatic hydroxyl groups is 2. The Kier molecular flexibility index (Phi) is 4.07. The lowest BCUT2D eigenvalue weighted by Gasteiger charge is -2.47. The molecule has 1 aliphatic heterocycles. The van der Waals surface area contributed by atoms with Gasteiger partial charge >= 0.3 is 0 Å². The third-order valence-electron chi connectivity index (χ3n) is 4.20. The van der Waals surface area contributed by atoms with E-state index in [9.17, 15) is 10.2 Å². The van der Waals surface area contributed by atoms with Crippen molar-refractivity contribution in [3.8, 4) is 0 Å². The zero-order valence-electron chi connectivity index (χ0n) is 11.2. The second-order valence-electron chi connectivity index (χ2n) is 6.26. The highest BCUT2D eigenvalue weighted by molar-refractivity contribution is 7.38. The molecule has 96 valence electrons. The molecule has 2 N–H and O–H groups in total. The summed E-state index contributed by atoms with van der Waals surface area (Å²) in [5.74, 6) is -1.51. The average Bonchev–Trinajstić information content (AvgIpc) is 2.07. The van der Waals surface area contributed by atoms with Gasteiger partial charge in [-0.2, -0.15) is 0 Å². The second-order valence-corrected chi connectivity index (χ2v) is 20.9. The molecule has 1 fully saturated rings. The van der Waals surface area contributed by atoms with Crippen LogP contribution in [0.15, 0.2) is 0 Å². The van der Waals surface area contributed by atoms with Gasteiger partial charge in [0.2, 0.25) is 0 Å². The minimum absolute atomic E-state index is 0.400. The van der Waals surface area contributed by atoms with Crippen LogP contribution in [0.4, 0.5) is 0 Å². The molecule has 3 nitrogen and oxygen atoms in total. The highest BCUT2D eigenvalue weighted by Crippen LogP contribution is 2.37. The molecule has 16 heavy (non-hydrogen) atoms. The molecule has 0 aromatic heterocycles. The minimum Gasteiger partial charge on any atom is -0.417 e. The fourth-order valence-electron chi connectivity index (χ4n) is 2.47. The lowest BCUT2D eigenvalue weighted by atomic mass is 10.2. The van der Waals surface area contributed by atoms with Crippen LogP contribution in [0.3, 0.4) is 0 Å². The normalized spacial score (nSPS) is 35.1. The Morgan fingerprint density at radius 3 is 2.31 bits per heavy atom. The summed E-state index contributed by atoms with van der Waals surface area (Å²) >= 11 is 0. The SMILES string of the molecule is CC1CC[Si](C)(CCC(C)(O)O)[Si](C)(C)O1. The van der Waals surface area contributed by atoms with Crippen LogP contribution < -0.4 is 0 Å². The van der Waals surface area contributed by atoms with Gasteiger partial charge in [-0.3, -0.25) is 0 Å². The summed E-state index contributed by atoms with van der Waals surface area (Å²) in [5.41, 5.74) is 0. The molecule has 0 amide bonds. The summed E-state index contributed by atoms with van der Waals surface area (Å²) in [5, 5.41) is 18.9. The molecule has 0 radical (unpaired) electrons. The largest absolute Gasteiger partial charge is 0.417 e. The van der Waals surface area contributed by atoms with Crippen molar-refractivity contribution in [2.24, 2.45) is 0 Å². The van der Waals surface area contributed by atoms with Gasteiger partial charge in [0, 0.05) is 6.10 Å². The van der Waals surface area contributed by atoms with Gasteiger partial charge in [-0.1, -0.05) is 18.6 Å². The van der Waals surface area contributed by atoms with Crippen molar-refractivity contribution in [3.63, 3.8) is 0 Å². The maximum Gasteiger partial charge on any atom is 0.174 e. The van der Waals surface area contributed by atoms with Gasteiger partial charge in [0.05, 0.1) is 7.59 Å². The van der Waals surface area contributed by atoms with E-state index in [4.69, 9.17) is 4.43 Å². The van der Waals surface area contributed by atoms with Gasteiger partial charge in [-0.25, -0.2) is 0 Å². The van der Waals surface area contributed by atoms with Gasteiger partial charge < -0.3 is 14.6 Å². The fourth-order valence-corrected chi connectivity index (χ4v) is 13.3. The molecule has 0 spiro atoms. The van der Waals surface area contributed by atoms with E-state index >= 15 is 0 Å². The predicted octanol–water partition coefficient (Wildman–Crippen LogP) is 2.25. The van der Waals surface area contributed by atoms with Gasteiger partial charge in [0.1, 0.15) is 0 Å². The standard InChI is InChI=1S/C11H26O3Si2/c1-10-6-8-16(5,15(3,4)14-10)9-7-11(2,12)13/h10,12-13H,6-9H2,1-5H3. The second kappa shape index (κ2) is 4.53. The molecule has 1 heterocycles. The Morgan fingerprint density at radius 2 is 1.88 bits per heavy atom. The Balaban J connectivity index is 2.68. The highest BCUT2D eigenvalue weighted by Gasteiger charge is 2.50. The highest BCUT2D eigenvalue weighted by atomic mass is 29.3. The van der Waals surface area contributed by atoms with E-state index < -0.39 is 21.2 Å². The molecule has 0 aliphatic carbocycles. The van der Waals surface area contributed by atoms with Crippen molar-refractivity contribution in [1.29, 1.82) is 0 Å². The summed E-state index contributed by atoms with van der Waals surface area (Å²) in [4.78, 5) is 0. The van der Waals surface area contributed by atoms with Crippen LogP contribution in [-0.2, 0) is 4.43 Å². The van der Waals surface area contributed by atoms with E-state index in [1.165, 1.54) is 13.0 Å². The molecule has 0 aromatic rings. The molecule has 0 aromatic carbocycles. The van der Waals surface area contributed by atoms with Crippen molar-refractivity contribution in [1.82, 2.24) is 0 Å². The van der Waals surface area contributed by atoms with Crippen molar-refractivity contribution in [2.45, 2.75) is 70.3 Å². The molecular weight excluding hydrogens is 236 g/mol. The quantitative estimate of drug-likeness (QED) is 0.606. The lowest BCUT2D eigenvalue weighted by molar-refractivity contribution is -0.145. The predicted molar refractivity (Wildman–Crippen MR) is 71.3 cm³/mol. The molecule has 1 aliphatic rings. The number of hydrogen-bond acceptors (Lipinski definition) is 3. The molecule has 2 atom stereocenters. The van der Waals surface area contributed by atoms with Crippen molar-refractivity contribution in [2.75, 3.05) is 0 Å². The first kappa shape index (κ1) is 14.4. The first-order chi connectivity index (χ1) is 7.06. The van der Waals surface area contributed by atoms with Gasteiger partial charge in [0.25, 0.3) is 0 Å². The Labute approximate surface area is 101 Å². The van der Waals surface area contributed by atoms with Crippen LogP contribution >= 0.6 is 0 Å². The lowest BCUT2D eigenvalue weighted by Crippen LogP contribution is -2.63. The van der Waals surface area contributed by atoms with E-state index in [1.807, 2.05) is 0 Å². The zero-order valence-corrected chi connectivity index (χ0v) is 13.2. The van der Waals surface area contributed by atoms with Crippen LogP contribution in [0.1, 0.15) is 26.7 Å². The molecule has 1 saturated heterocycles. The maximum atomic E-state index is 9.44. The van der Waals surface area contributed by atoms with E-state index in [0.717, 1.165) is 12.5 Å². The fraction of sp³-hybridized carbons (Fsp3) is 1.00. The third kappa shape index (κ3) is 3.40. The van der Waals surface area contributed by atoms with Crippen LogP contribution in [0.25, 0.3) is 0 Å².